The van der Waals surface area contributed by atoms with Gasteiger partial charge in [-0.15, -0.1) is 0 Å². The van der Waals surface area contributed by atoms with Crippen molar-refractivity contribution in [1.29, 1.82) is 0 Å². The monoisotopic (exact) mass is 391 g/mol. The minimum atomic E-state index is -0.00711. The second-order valence-corrected chi connectivity index (χ2v) is 7.22. The van der Waals surface area contributed by atoms with Gasteiger partial charge in [0.1, 0.15) is 19.0 Å². The Balaban J connectivity index is 1.70. The van der Waals surface area contributed by atoms with Crippen LogP contribution in [-0.4, -0.2) is 24.2 Å². The number of benzene rings is 3. The van der Waals surface area contributed by atoms with Gasteiger partial charge < -0.3 is 19.5 Å². The summed E-state index contributed by atoms with van der Waals surface area (Å²) in [4.78, 5) is 14.7. The Bertz CT molecular complexity index is 1030. The summed E-state index contributed by atoms with van der Waals surface area (Å²) in [5, 5.41) is 12.6. The average Bonchev–Trinajstić information content (AvgIpc) is 2.76. The van der Waals surface area contributed by atoms with E-state index in [9.17, 15) is 9.90 Å². The Morgan fingerprint density at radius 1 is 1.03 bits per heavy atom. The zero-order valence-electron chi connectivity index (χ0n) is 16.6. The number of fused-ring (bicyclic) bond motifs is 2. The second-order valence-electron chi connectivity index (χ2n) is 7.22. The number of phenolic OH excluding ortho intramolecular Hbond substituents is 1. The predicted octanol–water partition coefficient (Wildman–Crippen LogP) is 5.04. The molecule has 29 heavy (non-hydrogen) atoms. The molecule has 0 saturated carbocycles. The van der Waals surface area contributed by atoms with Crippen LogP contribution < -0.4 is 14.4 Å². The number of phenols is 1. The van der Waals surface area contributed by atoms with Crippen LogP contribution in [-0.2, 0) is 11.3 Å². The standard InChI is InChI=1S/C24H25NO4/c1-2-3-8-23(26)25(16-17-9-12-21-22(15-17)29-14-13-28-21)20-11-10-18-6-4-5-7-19(18)24(20)27/h4-7,9-12,15,27H,2-3,8,13-14,16H2,1H3. The molecule has 1 aliphatic rings. The first-order chi connectivity index (χ1) is 14.2. The number of unbranched alkanes of at least 4 members (excludes halogenated alkanes) is 1. The van der Waals surface area contributed by atoms with E-state index in [1.807, 2.05) is 54.6 Å². The quantitative estimate of drug-likeness (QED) is 0.639. The number of hydrogen-bond donors (Lipinski definition) is 1. The molecule has 0 fully saturated rings. The van der Waals surface area contributed by atoms with Crippen LogP contribution in [0.4, 0.5) is 5.69 Å². The molecule has 0 spiro atoms. The van der Waals surface area contributed by atoms with Crippen molar-refractivity contribution in [3.8, 4) is 17.2 Å². The molecule has 0 atom stereocenters. The van der Waals surface area contributed by atoms with Gasteiger partial charge in [-0.05, 0) is 35.6 Å². The first kappa shape index (κ1) is 19.1. The van der Waals surface area contributed by atoms with Gasteiger partial charge in [0.2, 0.25) is 5.91 Å². The molecule has 0 aromatic heterocycles. The number of nitrogens with zero attached hydrogens (tertiary/aromatic N) is 1. The molecule has 5 nitrogen and oxygen atoms in total. The Labute approximate surface area is 170 Å². The van der Waals surface area contributed by atoms with Gasteiger partial charge in [-0.1, -0.05) is 49.7 Å². The van der Waals surface area contributed by atoms with Crippen LogP contribution in [0.25, 0.3) is 10.8 Å². The van der Waals surface area contributed by atoms with Crippen molar-refractivity contribution in [2.45, 2.75) is 32.7 Å². The highest BCUT2D eigenvalue weighted by Gasteiger charge is 2.21. The van der Waals surface area contributed by atoms with Crippen molar-refractivity contribution in [2.75, 3.05) is 18.1 Å². The molecule has 0 aliphatic carbocycles. The largest absolute Gasteiger partial charge is 0.505 e. The third kappa shape index (κ3) is 3.99. The lowest BCUT2D eigenvalue weighted by molar-refractivity contribution is -0.118. The number of rotatable bonds is 6. The molecule has 4 rings (SSSR count). The second kappa shape index (κ2) is 8.43. The molecule has 1 heterocycles. The molecule has 1 amide bonds. The van der Waals surface area contributed by atoms with Gasteiger partial charge >= 0.3 is 0 Å². The van der Waals surface area contributed by atoms with Crippen LogP contribution in [0.1, 0.15) is 31.7 Å². The summed E-state index contributed by atoms with van der Waals surface area (Å²) in [5.41, 5.74) is 1.45. The molecule has 0 unspecified atom stereocenters. The molecule has 5 heteroatoms. The Morgan fingerprint density at radius 2 is 1.83 bits per heavy atom. The molecule has 0 radical (unpaired) electrons. The lowest BCUT2D eigenvalue weighted by Gasteiger charge is -2.26. The van der Waals surface area contributed by atoms with E-state index in [1.165, 1.54) is 0 Å². The lowest BCUT2D eigenvalue weighted by Crippen LogP contribution is -2.30. The lowest BCUT2D eigenvalue weighted by atomic mass is 10.1. The minimum absolute atomic E-state index is 0.00711. The maximum absolute atomic E-state index is 13.0. The van der Waals surface area contributed by atoms with Gasteiger partial charge in [0.05, 0.1) is 12.2 Å². The smallest absolute Gasteiger partial charge is 0.227 e. The van der Waals surface area contributed by atoms with Crippen molar-refractivity contribution in [3.63, 3.8) is 0 Å². The number of anilines is 1. The molecule has 3 aromatic carbocycles. The van der Waals surface area contributed by atoms with Gasteiger partial charge in [-0.2, -0.15) is 0 Å². The number of carbonyl (C=O) groups excluding carboxylic acids is 1. The van der Waals surface area contributed by atoms with Crippen LogP contribution in [0.5, 0.6) is 17.2 Å². The summed E-state index contributed by atoms with van der Waals surface area (Å²) in [5.74, 6) is 1.53. The first-order valence-electron chi connectivity index (χ1n) is 10.1. The van der Waals surface area contributed by atoms with E-state index in [4.69, 9.17) is 9.47 Å². The van der Waals surface area contributed by atoms with E-state index >= 15 is 0 Å². The van der Waals surface area contributed by atoms with E-state index in [0.29, 0.717) is 37.6 Å². The summed E-state index contributed by atoms with van der Waals surface area (Å²) in [6.07, 6.45) is 2.19. The van der Waals surface area contributed by atoms with Crippen LogP contribution in [0.15, 0.2) is 54.6 Å². The van der Waals surface area contributed by atoms with Gasteiger partial charge in [0.25, 0.3) is 0 Å². The third-order valence-corrected chi connectivity index (χ3v) is 5.16. The maximum Gasteiger partial charge on any atom is 0.227 e. The van der Waals surface area contributed by atoms with Crippen molar-refractivity contribution in [2.24, 2.45) is 0 Å². The number of carbonyl (C=O) groups is 1. The summed E-state index contributed by atoms with van der Waals surface area (Å²) in [6.45, 7) is 3.47. The number of aromatic hydroxyl groups is 1. The molecule has 1 aliphatic heterocycles. The Kier molecular flexibility index (Phi) is 5.56. The topological polar surface area (TPSA) is 59.0 Å². The van der Waals surface area contributed by atoms with Gasteiger partial charge in [0.15, 0.2) is 11.5 Å². The fourth-order valence-corrected chi connectivity index (χ4v) is 3.60. The van der Waals surface area contributed by atoms with Crippen molar-refractivity contribution >= 4 is 22.4 Å². The number of ether oxygens (including phenoxy) is 2. The summed E-state index contributed by atoms with van der Waals surface area (Å²) in [7, 11) is 0. The highest BCUT2D eigenvalue weighted by Crippen LogP contribution is 2.37. The van der Waals surface area contributed by atoms with E-state index < -0.39 is 0 Å². The van der Waals surface area contributed by atoms with Crippen molar-refractivity contribution < 1.29 is 19.4 Å². The predicted molar refractivity (Wildman–Crippen MR) is 114 cm³/mol. The van der Waals surface area contributed by atoms with Crippen molar-refractivity contribution in [3.05, 3.63) is 60.2 Å². The molecule has 0 saturated heterocycles. The highest BCUT2D eigenvalue weighted by molar-refractivity contribution is 6.00. The van der Waals surface area contributed by atoms with E-state index in [-0.39, 0.29) is 11.7 Å². The summed E-state index contributed by atoms with van der Waals surface area (Å²) in [6, 6.07) is 17.1. The minimum Gasteiger partial charge on any atom is -0.505 e. The van der Waals surface area contributed by atoms with E-state index in [0.717, 1.165) is 34.9 Å². The first-order valence-corrected chi connectivity index (χ1v) is 10.1. The molecule has 0 bridgehead atoms. The highest BCUT2D eigenvalue weighted by atomic mass is 16.6. The van der Waals surface area contributed by atoms with Crippen LogP contribution in [0.3, 0.4) is 0 Å². The molecular formula is C24H25NO4. The summed E-state index contributed by atoms with van der Waals surface area (Å²) >= 11 is 0. The Hall–Kier alpha value is -3.21. The van der Waals surface area contributed by atoms with Gasteiger partial charge in [-0.25, -0.2) is 0 Å². The fraction of sp³-hybridized carbons (Fsp3) is 0.292. The van der Waals surface area contributed by atoms with E-state index in [1.54, 1.807) is 4.90 Å². The zero-order chi connectivity index (χ0) is 20.2. The molecular weight excluding hydrogens is 366 g/mol. The van der Waals surface area contributed by atoms with Gasteiger partial charge in [-0.3, -0.25) is 4.79 Å². The SMILES string of the molecule is CCCCC(=O)N(Cc1ccc2c(c1)OCCO2)c1ccc2ccccc2c1O. The van der Waals surface area contributed by atoms with Crippen LogP contribution in [0, 0.1) is 0 Å². The Morgan fingerprint density at radius 3 is 2.66 bits per heavy atom. The zero-order valence-corrected chi connectivity index (χ0v) is 16.6. The van der Waals surface area contributed by atoms with Crippen molar-refractivity contribution in [1.82, 2.24) is 0 Å². The van der Waals surface area contributed by atoms with Crippen LogP contribution >= 0.6 is 0 Å². The fourth-order valence-electron chi connectivity index (χ4n) is 3.60. The molecule has 3 aromatic rings. The molecule has 1 N–H and O–H groups in total. The van der Waals surface area contributed by atoms with E-state index in [2.05, 4.69) is 6.92 Å². The van der Waals surface area contributed by atoms with Gasteiger partial charge in [0, 0.05) is 11.8 Å². The molecule has 150 valence electrons. The maximum atomic E-state index is 13.0. The average molecular weight is 391 g/mol. The number of hydrogen-bond acceptors (Lipinski definition) is 4. The van der Waals surface area contributed by atoms with Crippen LogP contribution in [0.2, 0.25) is 0 Å². The normalized spacial score (nSPS) is 12.7. The summed E-state index contributed by atoms with van der Waals surface area (Å²) < 4.78 is 11.3. The third-order valence-electron chi connectivity index (χ3n) is 5.16. The number of amides is 1.